The molecule has 0 saturated carbocycles. The molecule has 1 aliphatic heterocycles. The van der Waals surface area contributed by atoms with Crippen LogP contribution in [0.1, 0.15) is 23.2 Å². The lowest BCUT2D eigenvalue weighted by atomic mass is 10.1. The number of nitrogens with one attached hydrogen (secondary N) is 1. The van der Waals surface area contributed by atoms with Crippen LogP contribution in [0.4, 0.5) is 0 Å². The molecule has 1 aliphatic rings. The molecule has 2 N–H and O–H groups in total. The van der Waals surface area contributed by atoms with E-state index in [1.165, 1.54) is 6.07 Å². The van der Waals surface area contributed by atoms with Crippen LogP contribution < -0.4 is 5.32 Å². The average molecular weight is 224 g/mol. The maximum absolute atomic E-state index is 10.7. The van der Waals surface area contributed by atoms with E-state index >= 15 is 0 Å². The topological polar surface area (TPSA) is 65.7 Å². The maximum atomic E-state index is 10.7. The Morgan fingerprint density at radius 2 is 2.38 bits per heavy atom. The van der Waals surface area contributed by atoms with Gasteiger partial charge in [0.2, 0.25) is 5.76 Å². The third-order valence-electron chi connectivity index (χ3n) is 2.91. The van der Waals surface area contributed by atoms with Gasteiger partial charge in [-0.25, -0.2) is 4.79 Å². The Hall–Kier alpha value is -1.33. The number of aromatic carboxylic acids is 1. The number of carboxylic acids is 1. The minimum atomic E-state index is -1.01. The second-order valence-electron chi connectivity index (χ2n) is 3.95. The summed E-state index contributed by atoms with van der Waals surface area (Å²) in [6.45, 7) is 5.71. The van der Waals surface area contributed by atoms with Gasteiger partial charge in [-0.15, -0.1) is 0 Å². The standard InChI is InChI=1S/C11H16N2O3/c1-2-13(8-5-12-6-8)7-9-3-4-10(16-9)11(14)15/h3-4,8,12H,2,5-7H2,1H3,(H,14,15). The maximum Gasteiger partial charge on any atom is 0.371 e. The summed E-state index contributed by atoms with van der Waals surface area (Å²) in [5.74, 6) is -0.288. The zero-order valence-electron chi connectivity index (χ0n) is 9.27. The van der Waals surface area contributed by atoms with Gasteiger partial charge in [0.1, 0.15) is 5.76 Å². The fourth-order valence-electron chi connectivity index (χ4n) is 1.81. The van der Waals surface area contributed by atoms with Gasteiger partial charge in [-0.1, -0.05) is 6.92 Å². The number of rotatable bonds is 5. The molecule has 0 spiro atoms. The van der Waals surface area contributed by atoms with E-state index in [9.17, 15) is 4.79 Å². The summed E-state index contributed by atoms with van der Waals surface area (Å²) in [7, 11) is 0. The van der Waals surface area contributed by atoms with Crippen LogP contribution in [-0.4, -0.2) is 41.7 Å². The van der Waals surface area contributed by atoms with Crippen molar-refractivity contribution >= 4 is 5.97 Å². The van der Waals surface area contributed by atoms with Crippen molar-refractivity contribution < 1.29 is 14.3 Å². The average Bonchev–Trinajstić information content (AvgIpc) is 2.62. The van der Waals surface area contributed by atoms with Gasteiger partial charge in [0, 0.05) is 19.1 Å². The lowest BCUT2D eigenvalue weighted by Crippen LogP contribution is -2.56. The Bertz CT molecular complexity index is 371. The Morgan fingerprint density at radius 3 is 2.81 bits per heavy atom. The first-order chi connectivity index (χ1) is 7.70. The molecular weight excluding hydrogens is 208 g/mol. The van der Waals surface area contributed by atoms with Crippen molar-refractivity contribution in [1.29, 1.82) is 0 Å². The lowest BCUT2D eigenvalue weighted by molar-refractivity contribution is 0.0655. The van der Waals surface area contributed by atoms with E-state index in [-0.39, 0.29) is 5.76 Å². The first kappa shape index (κ1) is 11.2. The predicted octanol–water partition coefficient (Wildman–Crippen LogP) is 0.772. The fraction of sp³-hybridized carbons (Fsp3) is 0.545. The van der Waals surface area contributed by atoms with Crippen molar-refractivity contribution in [3.63, 3.8) is 0 Å². The lowest BCUT2D eigenvalue weighted by Gasteiger charge is -2.37. The smallest absolute Gasteiger partial charge is 0.371 e. The summed E-state index contributed by atoms with van der Waals surface area (Å²) >= 11 is 0. The van der Waals surface area contributed by atoms with Gasteiger partial charge in [0.25, 0.3) is 0 Å². The van der Waals surface area contributed by atoms with Gasteiger partial charge >= 0.3 is 5.97 Å². The number of likely N-dealkylation sites (N-methyl/N-ethyl adjacent to an activating group) is 1. The van der Waals surface area contributed by atoms with Crippen LogP contribution in [0.2, 0.25) is 0 Å². The van der Waals surface area contributed by atoms with E-state index in [0.717, 1.165) is 19.6 Å². The van der Waals surface area contributed by atoms with Gasteiger partial charge in [-0.2, -0.15) is 0 Å². The molecule has 0 bridgehead atoms. The fourth-order valence-corrected chi connectivity index (χ4v) is 1.81. The molecule has 0 amide bonds. The van der Waals surface area contributed by atoms with E-state index in [2.05, 4.69) is 17.1 Å². The van der Waals surface area contributed by atoms with E-state index in [0.29, 0.717) is 18.3 Å². The normalized spacial score (nSPS) is 16.4. The third kappa shape index (κ3) is 2.25. The van der Waals surface area contributed by atoms with E-state index in [1.807, 2.05) is 0 Å². The SMILES string of the molecule is CCN(Cc1ccc(C(=O)O)o1)C1CNC1. The summed E-state index contributed by atoms with van der Waals surface area (Å²) in [6, 6.07) is 3.78. The van der Waals surface area contributed by atoms with Crippen LogP contribution in [0, 0.1) is 0 Å². The second kappa shape index (κ2) is 4.67. The first-order valence-corrected chi connectivity index (χ1v) is 5.47. The number of carbonyl (C=O) groups is 1. The molecule has 2 rings (SSSR count). The molecule has 1 fully saturated rings. The molecule has 16 heavy (non-hydrogen) atoms. The van der Waals surface area contributed by atoms with Crippen LogP contribution in [0.3, 0.4) is 0 Å². The highest BCUT2D eigenvalue weighted by atomic mass is 16.4. The van der Waals surface area contributed by atoms with Crippen LogP contribution >= 0.6 is 0 Å². The van der Waals surface area contributed by atoms with Crippen molar-refractivity contribution in [2.45, 2.75) is 19.5 Å². The minimum absolute atomic E-state index is 0.0118. The summed E-state index contributed by atoms with van der Waals surface area (Å²) in [6.07, 6.45) is 0. The minimum Gasteiger partial charge on any atom is -0.475 e. The largest absolute Gasteiger partial charge is 0.475 e. The van der Waals surface area contributed by atoms with E-state index < -0.39 is 5.97 Å². The number of carboxylic acid groups (broad SMARTS) is 1. The molecule has 0 radical (unpaired) electrons. The van der Waals surface area contributed by atoms with Crippen LogP contribution in [0.5, 0.6) is 0 Å². The van der Waals surface area contributed by atoms with Gasteiger partial charge in [0.05, 0.1) is 6.54 Å². The molecule has 88 valence electrons. The number of furan rings is 1. The zero-order valence-corrected chi connectivity index (χ0v) is 9.27. The monoisotopic (exact) mass is 224 g/mol. The van der Waals surface area contributed by atoms with E-state index in [4.69, 9.17) is 9.52 Å². The summed E-state index contributed by atoms with van der Waals surface area (Å²) in [5.41, 5.74) is 0. The Labute approximate surface area is 94.0 Å². The molecule has 2 heterocycles. The van der Waals surface area contributed by atoms with Crippen molar-refractivity contribution in [2.24, 2.45) is 0 Å². The molecule has 1 saturated heterocycles. The predicted molar refractivity (Wildman–Crippen MR) is 58.4 cm³/mol. The first-order valence-electron chi connectivity index (χ1n) is 5.47. The highest BCUT2D eigenvalue weighted by molar-refractivity contribution is 5.84. The van der Waals surface area contributed by atoms with Gasteiger partial charge in [-0.05, 0) is 18.7 Å². The molecule has 5 heteroatoms. The molecule has 1 aromatic heterocycles. The second-order valence-corrected chi connectivity index (χ2v) is 3.95. The number of hydrogen-bond acceptors (Lipinski definition) is 4. The Morgan fingerprint density at radius 1 is 1.62 bits per heavy atom. The Kier molecular flexibility index (Phi) is 3.26. The van der Waals surface area contributed by atoms with Crippen molar-refractivity contribution in [3.05, 3.63) is 23.7 Å². The van der Waals surface area contributed by atoms with E-state index in [1.54, 1.807) is 6.07 Å². The highest BCUT2D eigenvalue weighted by Gasteiger charge is 2.24. The van der Waals surface area contributed by atoms with Gasteiger partial charge in [-0.3, -0.25) is 4.90 Å². The summed E-state index contributed by atoms with van der Waals surface area (Å²) in [4.78, 5) is 12.9. The number of nitrogens with zero attached hydrogens (tertiary/aromatic N) is 1. The molecule has 0 aromatic carbocycles. The third-order valence-corrected chi connectivity index (χ3v) is 2.91. The van der Waals surface area contributed by atoms with Gasteiger partial charge in [0.15, 0.2) is 0 Å². The van der Waals surface area contributed by atoms with Crippen molar-refractivity contribution in [2.75, 3.05) is 19.6 Å². The molecule has 0 atom stereocenters. The van der Waals surface area contributed by atoms with Crippen molar-refractivity contribution in [3.8, 4) is 0 Å². The Balaban J connectivity index is 1.98. The number of hydrogen-bond donors (Lipinski definition) is 2. The van der Waals surface area contributed by atoms with Crippen molar-refractivity contribution in [1.82, 2.24) is 10.2 Å². The zero-order chi connectivity index (χ0) is 11.5. The highest BCUT2D eigenvalue weighted by Crippen LogP contribution is 2.14. The molecule has 1 aromatic rings. The molecule has 0 aliphatic carbocycles. The summed E-state index contributed by atoms with van der Waals surface area (Å²) in [5, 5.41) is 12.0. The molecule has 5 nitrogen and oxygen atoms in total. The molecule has 0 unspecified atom stereocenters. The van der Waals surface area contributed by atoms with Crippen LogP contribution in [0.25, 0.3) is 0 Å². The molecular formula is C11H16N2O3. The van der Waals surface area contributed by atoms with Gasteiger partial charge < -0.3 is 14.8 Å². The summed E-state index contributed by atoms with van der Waals surface area (Å²) < 4.78 is 5.23. The quantitative estimate of drug-likeness (QED) is 0.773. The van der Waals surface area contributed by atoms with Crippen LogP contribution in [-0.2, 0) is 6.54 Å². The van der Waals surface area contributed by atoms with Crippen LogP contribution in [0.15, 0.2) is 16.5 Å².